The lowest BCUT2D eigenvalue weighted by molar-refractivity contribution is -0.142. The standard InChI is InChI=1S/C16H12BrClF3N5O2/c1-25-13(12(17)14(24-25)16(19,20)21)15(27)23-10-6-22-26(7-10)8-28-11-4-2-3-9(18)5-11/h2-7H,8H2,1H3,(H,23,27). The monoisotopic (exact) mass is 477 g/mol. The van der Waals surface area contributed by atoms with Crippen molar-refractivity contribution >= 4 is 39.1 Å². The number of aryl methyl sites for hydroxylation is 1. The molecule has 0 bridgehead atoms. The number of alkyl halides is 3. The molecular formula is C16H12BrClF3N5O2. The van der Waals surface area contributed by atoms with E-state index in [9.17, 15) is 18.0 Å². The normalized spacial score (nSPS) is 11.5. The largest absolute Gasteiger partial charge is 0.471 e. The number of amides is 1. The minimum Gasteiger partial charge on any atom is -0.471 e. The van der Waals surface area contributed by atoms with Gasteiger partial charge >= 0.3 is 6.18 Å². The van der Waals surface area contributed by atoms with Crippen LogP contribution in [0.15, 0.2) is 41.1 Å². The van der Waals surface area contributed by atoms with Gasteiger partial charge in [0.15, 0.2) is 12.4 Å². The molecule has 1 amide bonds. The number of rotatable bonds is 5. The van der Waals surface area contributed by atoms with Crippen LogP contribution in [0.1, 0.15) is 16.2 Å². The van der Waals surface area contributed by atoms with Gasteiger partial charge in [-0.15, -0.1) is 0 Å². The first-order valence-corrected chi connectivity index (χ1v) is 8.84. The molecule has 0 radical (unpaired) electrons. The van der Waals surface area contributed by atoms with Gasteiger partial charge in [-0.05, 0) is 34.1 Å². The van der Waals surface area contributed by atoms with Crippen LogP contribution in [0, 0.1) is 0 Å². The summed E-state index contributed by atoms with van der Waals surface area (Å²) in [6.07, 6.45) is -1.87. The first-order valence-electron chi connectivity index (χ1n) is 7.67. The molecule has 0 spiro atoms. The number of aromatic nitrogens is 4. The third kappa shape index (κ3) is 4.47. The average molecular weight is 479 g/mol. The number of benzene rings is 1. The van der Waals surface area contributed by atoms with E-state index in [1.807, 2.05) is 0 Å². The van der Waals surface area contributed by atoms with Gasteiger partial charge in [0.05, 0.1) is 22.6 Å². The van der Waals surface area contributed by atoms with Gasteiger partial charge in [-0.1, -0.05) is 17.7 Å². The SMILES string of the molecule is Cn1nc(C(F)(F)F)c(Br)c1C(=O)Nc1cnn(COc2cccc(Cl)c2)c1. The molecule has 0 fully saturated rings. The van der Waals surface area contributed by atoms with E-state index >= 15 is 0 Å². The van der Waals surface area contributed by atoms with Crippen molar-refractivity contribution in [2.45, 2.75) is 12.9 Å². The van der Waals surface area contributed by atoms with Crippen LogP contribution in [-0.4, -0.2) is 25.5 Å². The highest BCUT2D eigenvalue weighted by Gasteiger charge is 2.39. The lowest BCUT2D eigenvalue weighted by Crippen LogP contribution is -2.16. The van der Waals surface area contributed by atoms with E-state index < -0.39 is 22.3 Å². The Kier molecular flexibility index (Phi) is 5.66. The van der Waals surface area contributed by atoms with Gasteiger partial charge in [0.2, 0.25) is 0 Å². The maximum absolute atomic E-state index is 12.9. The number of nitrogens with zero attached hydrogens (tertiary/aromatic N) is 4. The van der Waals surface area contributed by atoms with Gasteiger partial charge < -0.3 is 10.1 Å². The average Bonchev–Trinajstić information content (AvgIpc) is 3.16. The van der Waals surface area contributed by atoms with Gasteiger partial charge in [-0.25, -0.2) is 4.68 Å². The summed E-state index contributed by atoms with van der Waals surface area (Å²) in [4.78, 5) is 12.4. The summed E-state index contributed by atoms with van der Waals surface area (Å²) >= 11 is 8.67. The number of nitrogens with one attached hydrogen (secondary N) is 1. The number of hydrogen-bond acceptors (Lipinski definition) is 4. The molecule has 12 heteroatoms. The molecule has 0 unspecified atom stereocenters. The highest BCUT2D eigenvalue weighted by Crippen LogP contribution is 2.35. The van der Waals surface area contributed by atoms with E-state index in [1.54, 1.807) is 24.3 Å². The molecular weight excluding hydrogens is 467 g/mol. The highest BCUT2D eigenvalue weighted by atomic mass is 79.9. The van der Waals surface area contributed by atoms with Crippen molar-refractivity contribution in [3.63, 3.8) is 0 Å². The van der Waals surface area contributed by atoms with E-state index in [2.05, 4.69) is 31.4 Å². The predicted octanol–water partition coefficient (Wildman–Crippen LogP) is 4.34. The van der Waals surface area contributed by atoms with E-state index in [1.165, 1.54) is 24.1 Å². The van der Waals surface area contributed by atoms with Crippen molar-refractivity contribution in [2.24, 2.45) is 7.05 Å². The molecule has 1 N–H and O–H groups in total. The molecule has 0 atom stereocenters. The van der Waals surface area contributed by atoms with Gasteiger partial charge in [0.1, 0.15) is 11.4 Å². The Morgan fingerprint density at radius 1 is 1.39 bits per heavy atom. The van der Waals surface area contributed by atoms with Crippen LogP contribution in [0.25, 0.3) is 0 Å². The van der Waals surface area contributed by atoms with Crippen LogP contribution >= 0.6 is 27.5 Å². The molecule has 0 aliphatic rings. The quantitative estimate of drug-likeness (QED) is 0.592. The summed E-state index contributed by atoms with van der Waals surface area (Å²) in [6.45, 7) is 0.0455. The minimum atomic E-state index is -4.68. The molecule has 0 saturated heterocycles. The second-order valence-corrected chi connectivity index (χ2v) is 6.82. The van der Waals surface area contributed by atoms with Crippen LogP contribution < -0.4 is 10.1 Å². The molecule has 0 saturated carbocycles. The minimum absolute atomic E-state index is 0.0455. The maximum Gasteiger partial charge on any atom is 0.436 e. The Bertz CT molecular complexity index is 1020. The van der Waals surface area contributed by atoms with E-state index in [-0.39, 0.29) is 18.1 Å². The zero-order valence-corrected chi connectivity index (χ0v) is 16.5. The van der Waals surface area contributed by atoms with Crippen molar-refractivity contribution in [3.8, 4) is 5.75 Å². The predicted molar refractivity (Wildman–Crippen MR) is 98.2 cm³/mol. The third-order valence-corrected chi connectivity index (χ3v) is 4.51. The first-order chi connectivity index (χ1) is 13.1. The number of halogens is 5. The summed E-state index contributed by atoms with van der Waals surface area (Å²) in [6, 6.07) is 6.78. The molecule has 0 aliphatic carbocycles. The van der Waals surface area contributed by atoms with E-state index in [0.29, 0.717) is 10.8 Å². The van der Waals surface area contributed by atoms with Gasteiger partial charge in [0.25, 0.3) is 5.91 Å². The molecule has 2 aromatic heterocycles. The molecule has 0 aliphatic heterocycles. The second-order valence-electron chi connectivity index (χ2n) is 5.59. The molecule has 3 rings (SSSR count). The molecule has 28 heavy (non-hydrogen) atoms. The van der Waals surface area contributed by atoms with Gasteiger partial charge in [0, 0.05) is 12.1 Å². The Labute approximate surface area is 170 Å². The smallest absolute Gasteiger partial charge is 0.436 e. The first kappa shape index (κ1) is 20.2. The number of anilines is 1. The Morgan fingerprint density at radius 3 is 2.79 bits per heavy atom. The van der Waals surface area contributed by atoms with Crippen molar-refractivity contribution in [1.29, 1.82) is 0 Å². The Balaban J connectivity index is 1.68. The fraction of sp³-hybridized carbons (Fsp3) is 0.188. The summed E-state index contributed by atoms with van der Waals surface area (Å²) < 4.78 is 46.1. The fourth-order valence-corrected chi connectivity index (χ4v) is 3.23. The fourth-order valence-electron chi connectivity index (χ4n) is 2.31. The second kappa shape index (κ2) is 7.84. The van der Waals surface area contributed by atoms with E-state index in [4.69, 9.17) is 16.3 Å². The highest BCUT2D eigenvalue weighted by molar-refractivity contribution is 9.10. The van der Waals surface area contributed by atoms with Crippen LogP contribution in [0.2, 0.25) is 5.02 Å². The number of carbonyl (C=O) groups is 1. The number of carbonyl (C=O) groups excluding carboxylic acids is 1. The van der Waals surface area contributed by atoms with Crippen LogP contribution in [0.4, 0.5) is 18.9 Å². The topological polar surface area (TPSA) is 74.0 Å². The number of ether oxygens (including phenoxy) is 1. The van der Waals surface area contributed by atoms with Crippen molar-refractivity contribution in [3.05, 3.63) is 57.5 Å². The lowest BCUT2D eigenvalue weighted by atomic mass is 10.3. The van der Waals surface area contributed by atoms with Crippen molar-refractivity contribution in [1.82, 2.24) is 19.6 Å². The summed E-state index contributed by atoms with van der Waals surface area (Å²) in [5.41, 5.74) is -1.16. The molecule has 148 valence electrons. The zero-order valence-electron chi connectivity index (χ0n) is 14.2. The number of hydrogen-bond donors (Lipinski definition) is 1. The van der Waals surface area contributed by atoms with Crippen LogP contribution in [-0.2, 0) is 20.0 Å². The molecule has 1 aromatic carbocycles. The lowest BCUT2D eigenvalue weighted by Gasteiger charge is -2.06. The Morgan fingerprint density at radius 2 is 2.14 bits per heavy atom. The van der Waals surface area contributed by atoms with E-state index in [0.717, 1.165) is 4.68 Å². The Hall–Kier alpha value is -2.53. The summed E-state index contributed by atoms with van der Waals surface area (Å²) in [5.74, 6) is -0.236. The summed E-state index contributed by atoms with van der Waals surface area (Å²) in [7, 11) is 1.25. The van der Waals surface area contributed by atoms with Crippen molar-refractivity contribution in [2.75, 3.05) is 5.32 Å². The van der Waals surface area contributed by atoms with Crippen molar-refractivity contribution < 1.29 is 22.7 Å². The third-order valence-electron chi connectivity index (χ3n) is 3.52. The van der Waals surface area contributed by atoms with Gasteiger partial charge in [-0.2, -0.15) is 23.4 Å². The molecule has 2 heterocycles. The molecule has 7 nitrogen and oxygen atoms in total. The zero-order chi connectivity index (χ0) is 20.5. The van der Waals surface area contributed by atoms with Crippen LogP contribution in [0.5, 0.6) is 5.75 Å². The van der Waals surface area contributed by atoms with Crippen LogP contribution in [0.3, 0.4) is 0 Å². The summed E-state index contributed by atoms with van der Waals surface area (Å²) in [5, 5.41) is 10.4. The molecule has 3 aromatic rings. The van der Waals surface area contributed by atoms with Gasteiger partial charge in [-0.3, -0.25) is 9.48 Å². The maximum atomic E-state index is 12.9.